The van der Waals surface area contributed by atoms with Gasteiger partial charge in [-0.3, -0.25) is 0 Å². The first-order chi connectivity index (χ1) is 14.5. The lowest BCUT2D eigenvalue weighted by molar-refractivity contribution is 0.297. The topological polar surface area (TPSA) is 21.3 Å². The van der Waals surface area contributed by atoms with Crippen molar-refractivity contribution in [1.29, 1.82) is 0 Å². The molecule has 2 atom stereocenters. The highest BCUT2D eigenvalue weighted by molar-refractivity contribution is 7.48. The van der Waals surface area contributed by atoms with E-state index in [1.165, 1.54) is 33.1 Å². The third-order valence-electron chi connectivity index (χ3n) is 5.74. The van der Waals surface area contributed by atoms with Gasteiger partial charge in [0.25, 0.3) is 0 Å². The van der Waals surface area contributed by atoms with Crippen LogP contribution < -0.4 is 15.4 Å². The number of aryl methyl sites for hydroxylation is 2. The molecular weight excluding hydrogens is 385 g/mol. The molecule has 2 unspecified atom stereocenters. The highest BCUT2D eigenvalue weighted by Crippen LogP contribution is 2.49. The summed E-state index contributed by atoms with van der Waals surface area (Å²) in [6.45, 7) is 10.5. The number of hydrogen-bond acceptors (Lipinski definition) is 2. The fraction of sp³-hybridized carbons (Fsp3) is 0.333. The quantitative estimate of drug-likeness (QED) is 0.415. The van der Waals surface area contributed by atoms with Crippen molar-refractivity contribution >= 4 is 13.9 Å². The summed E-state index contributed by atoms with van der Waals surface area (Å²) in [5, 5.41) is 4.77. The number of benzene rings is 3. The highest BCUT2D eigenvalue weighted by Gasteiger charge is 2.30. The van der Waals surface area contributed by atoms with Crippen LogP contribution in [0.25, 0.3) is 0 Å². The lowest BCUT2D eigenvalue weighted by atomic mass is 9.92. The second-order valence-corrected chi connectivity index (χ2v) is 10.1. The average Bonchev–Trinajstić information content (AvgIpc) is 2.75. The first-order valence-corrected chi connectivity index (χ1v) is 11.8. The molecule has 0 aliphatic rings. The molecule has 0 radical (unpaired) electrons. The summed E-state index contributed by atoms with van der Waals surface area (Å²) in [7, 11) is 2.69. The van der Waals surface area contributed by atoms with Crippen LogP contribution >= 0.6 is 8.58 Å². The molecule has 3 aromatic rings. The number of hydrogen-bond donors (Lipinski definition) is 1. The van der Waals surface area contributed by atoms with E-state index in [1.807, 2.05) is 13.1 Å². The smallest absolute Gasteiger partial charge is 0.126 e. The van der Waals surface area contributed by atoms with Gasteiger partial charge in [0.1, 0.15) is 12.4 Å². The van der Waals surface area contributed by atoms with E-state index in [2.05, 4.69) is 93.7 Å². The van der Waals surface area contributed by atoms with E-state index in [-0.39, 0.29) is 5.16 Å². The molecule has 0 aromatic heterocycles. The van der Waals surface area contributed by atoms with Crippen LogP contribution in [0.2, 0.25) is 0 Å². The van der Waals surface area contributed by atoms with Crippen molar-refractivity contribution in [2.75, 3.05) is 7.05 Å². The van der Waals surface area contributed by atoms with Gasteiger partial charge >= 0.3 is 0 Å². The second-order valence-electron chi connectivity index (χ2n) is 8.23. The molecule has 1 N–H and O–H groups in total. The fourth-order valence-electron chi connectivity index (χ4n) is 3.92. The Bertz CT molecular complexity index is 970. The predicted octanol–water partition coefficient (Wildman–Crippen LogP) is 6.23. The molecule has 30 heavy (non-hydrogen) atoms. The summed E-state index contributed by atoms with van der Waals surface area (Å²) in [6, 6.07) is 23.8. The van der Waals surface area contributed by atoms with Gasteiger partial charge in [0.2, 0.25) is 0 Å². The zero-order valence-electron chi connectivity index (χ0n) is 18.9. The van der Waals surface area contributed by atoms with Gasteiger partial charge in [-0.05, 0) is 49.3 Å². The van der Waals surface area contributed by atoms with Crippen molar-refractivity contribution in [3.63, 3.8) is 0 Å². The van der Waals surface area contributed by atoms with Crippen LogP contribution in [0.4, 0.5) is 0 Å². The van der Waals surface area contributed by atoms with Gasteiger partial charge in [0, 0.05) is 17.3 Å². The van der Waals surface area contributed by atoms with Gasteiger partial charge in [0.05, 0.1) is 0 Å². The van der Waals surface area contributed by atoms with Gasteiger partial charge in [-0.15, -0.1) is 0 Å². The normalized spacial score (nSPS) is 13.5. The van der Waals surface area contributed by atoms with E-state index in [4.69, 9.17) is 4.74 Å². The summed E-state index contributed by atoms with van der Waals surface area (Å²) in [5.74, 6) is 1.05. The van der Waals surface area contributed by atoms with Crippen LogP contribution in [0, 0.1) is 13.8 Å². The standard InChI is InChI=1S/C27H34NOP/c1-6-27(4,30-25-15-11-10-14-23(25)18-28-5)24-17-20(2)16-21(3)26(24)29-19-22-12-8-7-9-13-22/h7-17,28,30H,6,18-19H2,1-5H3. The van der Waals surface area contributed by atoms with Gasteiger partial charge in [-0.25, -0.2) is 0 Å². The molecule has 0 aliphatic carbocycles. The molecule has 158 valence electrons. The van der Waals surface area contributed by atoms with Crippen LogP contribution in [0.3, 0.4) is 0 Å². The molecule has 3 rings (SSSR count). The number of ether oxygens (including phenoxy) is 1. The van der Waals surface area contributed by atoms with Crippen LogP contribution in [0.1, 0.15) is 48.1 Å². The molecule has 0 saturated carbocycles. The summed E-state index contributed by atoms with van der Waals surface area (Å²) < 4.78 is 6.46. The Morgan fingerprint density at radius 2 is 1.67 bits per heavy atom. The maximum absolute atomic E-state index is 6.46. The molecule has 0 aliphatic heterocycles. The molecule has 0 amide bonds. The van der Waals surface area contributed by atoms with Crippen LogP contribution in [-0.2, 0) is 18.3 Å². The van der Waals surface area contributed by atoms with Gasteiger partial charge in [0.15, 0.2) is 0 Å². The molecule has 2 nitrogen and oxygen atoms in total. The zero-order chi connectivity index (χ0) is 21.6. The van der Waals surface area contributed by atoms with Crippen molar-refractivity contribution in [3.05, 3.63) is 94.5 Å². The maximum Gasteiger partial charge on any atom is 0.126 e. The molecule has 0 bridgehead atoms. The van der Waals surface area contributed by atoms with Crippen molar-refractivity contribution in [3.8, 4) is 5.75 Å². The van der Waals surface area contributed by atoms with Crippen molar-refractivity contribution in [1.82, 2.24) is 5.32 Å². The zero-order valence-corrected chi connectivity index (χ0v) is 19.9. The third-order valence-corrected chi connectivity index (χ3v) is 7.67. The number of rotatable bonds is 9. The van der Waals surface area contributed by atoms with E-state index in [1.54, 1.807) is 0 Å². The van der Waals surface area contributed by atoms with E-state index in [0.29, 0.717) is 15.2 Å². The van der Waals surface area contributed by atoms with Crippen LogP contribution in [0.15, 0.2) is 66.7 Å². The minimum Gasteiger partial charge on any atom is -0.488 e. The van der Waals surface area contributed by atoms with Crippen molar-refractivity contribution in [2.24, 2.45) is 0 Å². The number of nitrogens with one attached hydrogen (secondary N) is 1. The van der Waals surface area contributed by atoms with Gasteiger partial charge in [-0.1, -0.05) is 94.7 Å². The summed E-state index contributed by atoms with van der Waals surface area (Å²) in [6.07, 6.45) is 1.06. The summed E-state index contributed by atoms with van der Waals surface area (Å²) in [4.78, 5) is 0. The Labute approximate surface area is 183 Å². The summed E-state index contributed by atoms with van der Waals surface area (Å²) in [5.41, 5.74) is 6.42. The SMILES string of the molecule is CCC(C)(Pc1ccccc1CNC)c1cc(C)cc(C)c1OCc1ccccc1. The minimum absolute atomic E-state index is 0.0205. The Kier molecular flexibility index (Phi) is 7.69. The summed E-state index contributed by atoms with van der Waals surface area (Å²) >= 11 is 0. The average molecular weight is 420 g/mol. The lowest BCUT2D eigenvalue weighted by Gasteiger charge is -2.33. The molecule has 0 heterocycles. The minimum atomic E-state index is 0.0205. The molecule has 0 fully saturated rings. The van der Waals surface area contributed by atoms with Crippen LogP contribution in [-0.4, -0.2) is 7.05 Å². The second kappa shape index (κ2) is 10.2. The molecule has 3 heteroatoms. The third kappa shape index (κ3) is 5.31. The van der Waals surface area contributed by atoms with Gasteiger partial charge < -0.3 is 10.1 Å². The Balaban J connectivity index is 1.98. The Morgan fingerprint density at radius 1 is 0.967 bits per heavy atom. The molecule has 0 saturated heterocycles. The van der Waals surface area contributed by atoms with Crippen molar-refractivity contribution < 1.29 is 4.74 Å². The van der Waals surface area contributed by atoms with Gasteiger partial charge in [-0.2, -0.15) is 0 Å². The first-order valence-electron chi connectivity index (χ1n) is 10.8. The van der Waals surface area contributed by atoms with E-state index in [0.717, 1.165) is 18.7 Å². The first kappa shape index (κ1) is 22.5. The Hall–Kier alpha value is -2.15. The van der Waals surface area contributed by atoms with E-state index < -0.39 is 0 Å². The van der Waals surface area contributed by atoms with E-state index in [9.17, 15) is 0 Å². The predicted molar refractivity (Wildman–Crippen MR) is 131 cm³/mol. The van der Waals surface area contributed by atoms with Crippen molar-refractivity contribution in [2.45, 2.75) is 52.4 Å². The van der Waals surface area contributed by atoms with E-state index >= 15 is 0 Å². The highest BCUT2D eigenvalue weighted by atomic mass is 31.1. The monoisotopic (exact) mass is 419 g/mol. The largest absolute Gasteiger partial charge is 0.488 e. The Morgan fingerprint density at radius 3 is 2.37 bits per heavy atom. The molecule has 3 aromatic carbocycles. The lowest BCUT2D eigenvalue weighted by Crippen LogP contribution is -2.23. The fourth-order valence-corrected chi connectivity index (χ4v) is 5.52. The maximum atomic E-state index is 6.46. The molecule has 0 spiro atoms. The molecular formula is C27H34NOP. The van der Waals surface area contributed by atoms with Crippen LogP contribution in [0.5, 0.6) is 5.75 Å².